The molecule has 5 rings (SSSR count). The molecule has 9 nitrogen and oxygen atoms in total. The van der Waals surface area contributed by atoms with E-state index < -0.39 is 0 Å². The van der Waals surface area contributed by atoms with Crippen LogP contribution in [0.2, 0.25) is 0 Å². The van der Waals surface area contributed by atoms with Crippen molar-refractivity contribution in [1.82, 2.24) is 24.6 Å². The van der Waals surface area contributed by atoms with Crippen molar-refractivity contribution in [3.05, 3.63) is 60.2 Å². The van der Waals surface area contributed by atoms with E-state index in [4.69, 9.17) is 4.74 Å². The summed E-state index contributed by atoms with van der Waals surface area (Å²) in [5.41, 5.74) is 4.34. The van der Waals surface area contributed by atoms with Crippen molar-refractivity contribution >= 4 is 28.4 Å². The number of hydrogen-bond donors (Lipinski definition) is 2. The van der Waals surface area contributed by atoms with Gasteiger partial charge in [0.05, 0.1) is 24.2 Å². The van der Waals surface area contributed by atoms with Gasteiger partial charge in [0, 0.05) is 50.6 Å². The van der Waals surface area contributed by atoms with E-state index in [1.807, 2.05) is 54.6 Å². The summed E-state index contributed by atoms with van der Waals surface area (Å²) in [5, 5.41) is 7.52. The van der Waals surface area contributed by atoms with Gasteiger partial charge in [0.2, 0.25) is 0 Å². The number of aromatic nitrogens is 4. The number of carbonyl (C=O) groups is 1. The van der Waals surface area contributed by atoms with E-state index in [2.05, 4.69) is 37.2 Å². The number of amides is 1. The highest BCUT2D eigenvalue weighted by molar-refractivity contribution is 6.04. The Morgan fingerprint density at radius 1 is 1.09 bits per heavy atom. The third-order valence-electron chi connectivity index (χ3n) is 6.16. The molecule has 4 aromatic rings. The molecular weight excluding hydrogens is 430 g/mol. The molecule has 0 aliphatic carbocycles. The second kappa shape index (κ2) is 9.66. The number of nitrogens with one attached hydrogen (secondary N) is 2. The number of likely N-dealkylation sites (N-methyl/N-ethyl adjacent to an activating group) is 1. The zero-order valence-electron chi connectivity index (χ0n) is 19.5. The highest BCUT2D eigenvalue weighted by atomic mass is 16.5. The second-order valence-electron chi connectivity index (χ2n) is 8.52. The quantitative estimate of drug-likeness (QED) is 0.441. The summed E-state index contributed by atoms with van der Waals surface area (Å²) in [6.07, 6.45) is 0. The molecule has 3 heterocycles. The molecule has 0 saturated carbocycles. The van der Waals surface area contributed by atoms with Gasteiger partial charge < -0.3 is 24.8 Å². The maximum atomic E-state index is 12.9. The van der Waals surface area contributed by atoms with E-state index in [1.165, 1.54) is 0 Å². The second-order valence-corrected chi connectivity index (χ2v) is 8.52. The number of aromatic amines is 1. The SMILES string of the molecule is COCCn1nc(NC(=O)c2ccc(N3CCN(C)CC3)cc2)cc1-c1nc2ccccc2[nH]1. The molecule has 1 saturated heterocycles. The van der Waals surface area contributed by atoms with Crippen LogP contribution < -0.4 is 10.2 Å². The third-order valence-corrected chi connectivity index (χ3v) is 6.16. The number of imidazole rings is 1. The van der Waals surface area contributed by atoms with Gasteiger partial charge in [-0.3, -0.25) is 9.48 Å². The van der Waals surface area contributed by atoms with E-state index in [1.54, 1.807) is 11.8 Å². The van der Waals surface area contributed by atoms with Crippen LogP contribution in [0.3, 0.4) is 0 Å². The molecule has 0 radical (unpaired) electrons. The Morgan fingerprint density at radius 3 is 2.59 bits per heavy atom. The van der Waals surface area contributed by atoms with Crippen molar-refractivity contribution in [2.24, 2.45) is 0 Å². The molecule has 1 aliphatic heterocycles. The largest absolute Gasteiger partial charge is 0.383 e. The number of benzene rings is 2. The standard InChI is InChI=1S/C25H29N7O2/c1-30-11-13-31(14-12-30)19-9-7-18(8-10-19)25(33)28-23-17-22(32(29-23)15-16-34-2)24-26-20-5-3-4-6-21(20)27-24/h3-10,17H,11-16H2,1-2H3,(H,26,27)(H,28,29,33). The molecule has 2 N–H and O–H groups in total. The number of H-pyrrole nitrogens is 1. The van der Waals surface area contributed by atoms with Crippen molar-refractivity contribution in [1.29, 1.82) is 0 Å². The summed E-state index contributed by atoms with van der Waals surface area (Å²) in [7, 11) is 3.79. The van der Waals surface area contributed by atoms with Gasteiger partial charge in [0.25, 0.3) is 5.91 Å². The average molecular weight is 460 g/mol. The van der Waals surface area contributed by atoms with Crippen LogP contribution in [0.1, 0.15) is 10.4 Å². The fourth-order valence-corrected chi connectivity index (χ4v) is 4.17. The molecule has 1 aliphatic rings. The van der Waals surface area contributed by atoms with Crippen LogP contribution >= 0.6 is 0 Å². The summed E-state index contributed by atoms with van der Waals surface area (Å²) < 4.78 is 7.04. The number of methoxy groups -OCH3 is 1. The number of hydrogen-bond acceptors (Lipinski definition) is 6. The molecule has 0 bridgehead atoms. The van der Waals surface area contributed by atoms with E-state index in [0.717, 1.165) is 48.6 Å². The predicted octanol–water partition coefficient (Wildman–Crippen LogP) is 3.08. The van der Waals surface area contributed by atoms with Gasteiger partial charge in [0.15, 0.2) is 11.6 Å². The summed E-state index contributed by atoms with van der Waals surface area (Å²) in [6.45, 7) is 5.11. The Balaban J connectivity index is 1.34. The maximum Gasteiger partial charge on any atom is 0.256 e. The normalized spacial score (nSPS) is 14.6. The van der Waals surface area contributed by atoms with Gasteiger partial charge in [-0.2, -0.15) is 5.10 Å². The number of piperazine rings is 1. The number of anilines is 2. The number of carbonyl (C=O) groups excluding carboxylic acids is 1. The third kappa shape index (κ3) is 4.66. The van der Waals surface area contributed by atoms with Crippen LogP contribution in [-0.4, -0.2) is 77.5 Å². The maximum absolute atomic E-state index is 12.9. The monoisotopic (exact) mass is 459 g/mol. The topological polar surface area (TPSA) is 91.3 Å². The van der Waals surface area contributed by atoms with E-state index in [0.29, 0.717) is 30.4 Å². The molecule has 1 fully saturated rings. The Kier molecular flexibility index (Phi) is 6.29. The predicted molar refractivity (Wildman–Crippen MR) is 133 cm³/mol. The van der Waals surface area contributed by atoms with Crippen LogP contribution in [0.5, 0.6) is 0 Å². The van der Waals surface area contributed by atoms with Crippen molar-refractivity contribution < 1.29 is 9.53 Å². The highest BCUT2D eigenvalue weighted by Gasteiger charge is 2.17. The molecule has 0 atom stereocenters. The fraction of sp³-hybridized carbons (Fsp3) is 0.320. The van der Waals surface area contributed by atoms with Crippen molar-refractivity contribution in [2.75, 3.05) is 57.2 Å². The molecule has 1 amide bonds. The number of ether oxygens (including phenoxy) is 1. The molecule has 0 unspecified atom stereocenters. The first-order valence-corrected chi connectivity index (χ1v) is 11.5. The highest BCUT2D eigenvalue weighted by Crippen LogP contribution is 2.24. The van der Waals surface area contributed by atoms with Crippen molar-refractivity contribution in [3.63, 3.8) is 0 Å². The molecule has 9 heteroatoms. The van der Waals surface area contributed by atoms with Gasteiger partial charge in [-0.1, -0.05) is 12.1 Å². The number of fused-ring (bicyclic) bond motifs is 1. The summed E-state index contributed by atoms with van der Waals surface area (Å²) in [5.74, 6) is 0.971. The van der Waals surface area contributed by atoms with Crippen LogP contribution in [0.25, 0.3) is 22.6 Å². The number of para-hydroxylation sites is 2. The lowest BCUT2D eigenvalue weighted by Crippen LogP contribution is -2.44. The lowest BCUT2D eigenvalue weighted by atomic mass is 10.1. The summed E-state index contributed by atoms with van der Waals surface area (Å²) in [4.78, 5) is 25.6. The number of rotatable bonds is 7. The Morgan fingerprint density at radius 2 is 1.85 bits per heavy atom. The molecule has 2 aromatic carbocycles. The van der Waals surface area contributed by atoms with E-state index >= 15 is 0 Å². The Bertz CT molecular complexity index is 1240. The number of nitrogens with zero attached hydrogens (tertiary/aromatic N) is 5. The molecule has 0 spiro atoms. The van der Waals surface area contributed by atoms with Gasteiger partial charge >= 0.3 is 0 Å². The first-order valence-electron chi connectivity index (χ1n) is 11.5. The zero-order valence-corrected chi connectivity index (χ0v) is 19.5. The van der Waals surface area contributed by atoms with Gasteiger partial charge in [0.1, 0.15) is 5.69 Å². The minimum Gasteiger partial charge on any atom is -0.383 e. The van der Waals surface area contributed by atoms with Crippen LogP contribution in [0.4, 0.5) is 11.5 Å². The zero-order chi connectivity index (χ0) is 23.5. The van der Waals surface area contributed by atoms with E-state index in [-0.39, 0.29) is 5.91 Å². The van der Waals surface area contributed by atoms with Gasteiger partial charge in [-0.05, 0) is 43.4 Å². The Labute approximate surface area is 198 Å². The smallest absolute Gasteiger partial charge is 0.256 e. The Hall–Kier alpha value is -3.69. The van der Waals surface area contributed by atoms with Crippen LogP contribution in [0, 0.1) is 0 Å². The molecule has 34 heavy (non-hydrogen) atoms. The van der Waals surface area contributed by atoms with Gasteiger partial charge in [-0.15, -0.1) is 0 Å². The van der Waals surface area contributed by atoms with Crippen LogP contribution in [-0.2, 0) is 11.3 Å². The summed E-state index contributed by atoms with van der Waals surface area (Å²) in [6, 6.07) is 17.5. The minimum absolute atomic E-state index is 0.197. The van der Waals surface area contributed by atoms with Crippen molar-refractivity contribution in [3.8, 4) is 11.5 Å². The van der Waals surface area contributed by atoms with E-state index in [9.17, 15) is 4.79 Å². The van der Waals surface area contributed by atoms with Crippen molar-refractivity contribution in [2.45, 2.75) is 6.54 Å². The average Bonchev–Trinajstić information content (AvgIpc) is 3.47. The van der Waals surface area contributed by atoms with Crippen LogP contribution in [0.15, 0.2) is 54.6 Å². The fourth-order valence-electron chi connectivity index (χ4n) is 4.17. The first-order chi connectivity index (χ1) is 16.6. The summed E-state index contributed by atoms with van der Waals surface area (Å²) >= 11 is 0. The lowest BCUT2D eigenvalue weighted by Gasteiger charge is -2.34. The molecular formula is C25H29N7O2. The van der Waals surface area contributed by atoms with Gasteiger partial charge in [-0.25, -0.2) is 4.98 Å². The minimum atomic E-state index is -0.197. The molecule has 2 aromatic heterocycles. The molecule has 176 valence electrons. The lowest BCUT2D eigenvalue weighted by molar-refractivity contribution is 0.102. The first kappa shape index (κ1) is 22.1.